The van der Waals surface area contributed by atoms with Gasteiger partial charge < -0.3 is 26.0 Å². The number of benzene rings is 2. The molecular weight excluding hydrogens is 712 g/mol. The van der Waals surface area contributed by atoms with Gasteiger partial charge in [-0.05, 0) is 71.0 Å². The predicted molar refractivity (Wildman–Crippen MR) is 202 cm³/mol. The van der Waals surface area contributed by atoms with Crippen LogP contribution in [0.2, 0.25) is 0 Å². The van der Waals surface area contributed by atoms with Gasteiger partial charge in [0.2, 0.25) is 23.7 Å². The van der Waals surface area contributed by atoms with Crippen molar-refractivity contribution in [1.82, 2.24) is 38.7 Å². The highest BCUT2D eigenvalue weighted by molar-refractivity contribution is 6.06. The number of primary amides is 2. The first-order valence-electron chi connectivity index (χ1n) is 17.5. The van der Waals surface area contributed by atoms with E-state index in [0.29, 0.717) is 35.5 Å². The van der Waals surface area contributed by atoms with Crippen LogP contribution >= 0.6 is 0 Å². The Labute approximate surface area is 314 Å². The van der Waals surface area contributed by atoms with E-state index in [1.165, 1.54) is 31.4 Å². The normalized spacial score (nSPS) is 11.9. The summed E-state index contributed by atoms with van der Waals surface area (Å²) in [6, 6.07) is 9.15. The molecule has 0 bridgehead atoms. The third-order valence-electron chi connectivity index (χ3n) is 8.92. The molecule has 288 valence electrons. The second kappa shape index (κ2) is 15.3. The molecule has 19 heteroatoms. The van der Waals surface area contributed by atoms with Gasteiger partial charge in [-0.2, -0.15) is 10.2 Å². The maximum absolute atomic E-state index is 14.0. The number of aryl methyl sites for hydroxylation is 4. The zero-order valence-electron chi connectivity index (χ0n) is 31.2. The van der Waals surface area contributed by atoms with E-state index in [1.54, 1.807) is 51.4 Å². The molecule has 0 fully saturated rings. The number of nitrogens with two attached hydrogens (primary N) is 2. The molecule has 19 nitrogen and oxygen atoms in total. The van der Waals surface area contributed by atoms with Crippen molar-refractivity contribution in [2.75, 3.05) is 31.0 Å². The number of hydrogen-bond acceptors (Lipinski definition) is 11. The lowest BCUT2D eigenvalue weighted by Crippen LogP contribution is -2.25. The fourth-order valence-electron chi connectivity index (χ4n) is 6.47. The van der Waals surface area contributed by atoms with Gasteiger partial charge in [-0.25, -0.2) is 9.97 Å². The molecule has 4 amide bonds. The first kappa shape index (κ1) is 38.0. The maximum Gasteiger partial charge on any atom is 0.276 e. The van der Waals surface area contributed by atoms with E-state index < -0.39 is 29.8 Å². The first-order chi connectivity index (χ1) is 26.3. The number of hydrogen-bond donors (Lipinski definition) is 5. The smallest absolute Gasteiger partial charge is 0.276 e. The number of anilines is 2. The summed E-state index contributed by atoms with van der Waals surface area (Å²) >= 11 is 0. The highest BCUT2D eigenvalue weighted by atomic mass is 16.5. The standard InChI is InChI=1S/C36H42N12O7/c1-7-45-25(12-18(3)43-45)33(52)41-35-39-23-14-21(31(37)50)16-27(54-6)29(23)47(35)20(5)48-30-24(15-22(32(38)51)17-28(30)55-11-9-10-49)40-36(48)42-34(53)26-13-19(4)44-46(26)8-2/h12-17,20,49H,7-11H2,1-6H3,(H2,37,50)(H2,38,51)(H,39,41,52)(H,40,42,53). The molecule has 0 saturated carbocycles. The van der Waals surface area contributed by atoms with Crippen molar-refractivity contribution in [3.05, 3.63) is 70.3 Å². The third kappa shape index (κ3) is 7.16. The molecule has 4 aromatic heterocycles. The topological polar surface area (TPSA) is 254 Å². The van der Waals surface area contributed by atoms with Crippen molar-refractivity contribution < 1.29 is 33.8 Å². The average Bonchev–Trinajstić information content (AvgIpc) is 3.92. The molecule has 0 spiro atoms. The minimum absolute atomic E-state index is 0.0224. The summed E-state index contributed by atoms with van der Waals surface area (Å²) in [5.74, 6) is -2.09. The van der Waals surface area contributed by atoms with Crippen LogP contribution in [0.5, 0.6) is 11.5 Å². The maximum atomic E-state index is 14.0. The Kier molecular flexibility index (Phi) is 10.6. The molecule has 4 heterocycles. The number of rotatable bonds is 15. The average molecular weight is 755 g/mol. The molecule has 55 heavy (non-hydrogen) atoms. The van der Waals surface area contributed by atoms with Crippen molar-refractivity contribution in [2.24, 2.45) is 11.5 Å². The van der Waals surface area contributed by atoms with Crippen LogP contribution in [0.15, 0.2) is 36.4 Å². The minimum atomic E-state index is -0.927. The number of aromatic nitrogens is 8. The summed E-state index contributed by atoms with van der Waals surface area (Å²) in [6.07, 6.45) is -0.657. The Morgan fingerprint density at radius 1 is 0.764 bits per heavy atom. The Bertz CT molecular complexity index is 2470. The third-order valence-corrected chi connectivity index (χ3v) is 8.92. The fraction of sp³-hybridized carbons (Fsp3) is 0.333. The Morgan fingerprint density at radius 2 is 1.22 bits per heavy atom. The minimum Gasteiger partial charge on any atom is -0.494 e. The number of carbonyl (C=O) groups excluding carboxylic acids is 4. The van der Waals surface area contributed by atoms with E-state index in [1.807, 2.05) is 13.8 Å². The largest absolute Gasteiger partial charge is 0.494 e. The molecule has 6 rings (SSSR count). The van der Waals surface area contributed by atoms with Crippen LogP contribution in [-0.2, 0) is 13.1 Å². The molecule has 2 aromatic carbocycles. The second-order valence-corrected chi connectivity index (χ2v) is 12.7. The summed E-state index contributed by atoms with van der Waals surface area (Å²) in [4.78, 5) is 62.2. The molecule has 0 radical (unpaired) electrons. The summed E-state index contributed by atoms with van der Waals surface area (Å²) in [6.45, 7) is 9.76. The van der Waals surface area contributed by atoms with Gasteiger partial charge in [0, 0.05) is 37.2 Å². The van der Waals surface area contributed by atoms with Crippen LogP contribution < -0.4 is 31.6 Å². The number of methoxy groups -OCH3 is 1. The number of carbonyl (C=O) groups is 4. The summed E-state index contributed by atoms with van der Waals surface area (Å²) in [5, 5.41) is 24.1. The van der Waals surface area contributed by atoms with E-state index in [0.717, 1.165) is 0 Å². The number of aliphatic hydroxyl groups is 1. The Balaban J connectivity index is 1.63. The van der Waals surface area contributed by atoms with E-state index in [9.17, 15) is 24.3 Å². The van der Waals surface area contributed by atoms with Crippen molar-refractivity contribution in [3.8, 4) is 11.5 Å². The van der Waals surface area contributed by atoms with E-state index in [-0.39, 0.29) is 76.6 Å². The lowest BCUT2D eigenvalue weighted by atomic mass is 10.1. The zero-order chi connectivity index (χ0) is 39.7. The number of nitrogens with one attached hydrogen (secondary N) is 2. The molecule has 1 unspecified atom stereocenters. The van der Waals surface area contributed by atoms with Gasteiger partial charge in [-0.3, -0.25) is 48.3 Å². The van der Waals surface area contributed by atoms with Gasteiger partial charge in [0.15, 0.2) is 0 Å². The molecule has 0 aliphatic heterocycles. The Morgan fingerprint density at radius 3 is 1.64 bits per heavy atom. The number of fused-ring (bicyclic) bond motifs is 2. The highest BCUT2D eigenvalue weighted by Crippen LogP contribution is 2.39. The van der Waals surface area contributed by atoms with E-state index in [4.69, 9.17) is 30.9 Å². The number of ether oxygens (including phenoxy) is 2. The van der Waals surface area contributed by atoms with Gasteiger partial charge in [0.05, 0.1) is 36.1 Å². The molecule has 0 aliphatic rings. The van der Waals surface area contributed by atoms with E-state index in [2.05, 4.69) is 20.8 Å². The monoisotopic (exact) mass is 754 g/mol. The van der Waals surface area contributed by atoms with Crippen molar-refractivity contribution in [2.45, 2.75) is 60.3 Å². The second-order valence-electron chi connectivity index (χ2n) is 12.7. The molecule has 0 aliphatic carbocycles. The quantitative estimate of drug-likeness (QED) is 0.0953. The van der Waals surface area contributed by atoms with Crippen LogP contribution in [0.1, 0.15) is 86.4 Å². The summed E-state index contributed by atoms with van der Waals surface area (Å²) in [7, 11) is 1.41. The van der Waals surface area contributed by atoms with Crippen LogP contribution in [0.3, 0.4) is 0 Å². The number of aliphatic hydroxyl groups excluding tert-OH is 1. The van der Waals surface area contributed by atoms with E-state index >= 15 is 0 Å². The van der Waals surface area contributed by atoms with Crippen LogP contribution in [0.4, 0.5) is 11.9 Å². The van der Waals surface area contributed by atoms with Crippen molar-refractivity contribution >= 4 is 57.6 Å². The lowest BCUT2D eigenvalue weighted by molar-refractivity contribution is 0.0991. The van der Waals surface area contributed by atoms with Crippen molar-refractivity contribution in [3.63, 3.8) is 0 Å². The molecule has 6 aromatic rings. The van der Waals surface area contributed by atoms with Gasteiger partial charge in [0.25, 0.3) is 11.8 Å². The van der Waals surface area contributed by atoms with Crippen LogP contribution in [0, 0.1) is 13.8 Å². The van der Waals surface area contributed by atoms with Crippen LogP contribution in [-0.4, -0.2) is 87.7 Å². The zero-order valence-corrected chi connectivity index (χ0v) is 31.2. The molecule has 1 atom stereocenters. The molecule has 7 N–H and O–H groups in total. The first-order valence-corrected chi connectivity index (χ1v) is 17.5. The molecule has 0 saturated heterocycles. The molecular formula is C36H42N12O7. The highest BCUT2D eigenvalue weighted by Gasteiger charge is 2.30. The van der Waals surface area contributed by atoms with Gasteiger partial charge in [-0.15, -0.1) is 0 Å². The van der Waals surface area contributed by atoms with Gasteiger partial charge in [-0.1, -0.05) is 0 Å². The number of imidazole rings is 2. The lowest BCUT2D eigenvalue weighted by Gasteiger charge is -2.24. The predicted octanol–water partition coefficient (Wildman–Crippen LogP) is 2.97. The van der Waals surface area contributed by atoms with Crippen molar-refractivity contribution in [1.29, 1.82) is 0 Å². The number of nitrogens with zero attached hydrogens (tertiary/aromatic N) is 8. The fourth-order valence-corrected chi connectivity index (χ4v) is 6.47. The Hall–Kier alpha value is -6.76. The van der Waals surface area contributed by atoms with Crippen LogP contribution in [0.25, 0.3) is 22.1 Å². The summed E-state index contributed by atoms with van der Waals surface area (Å²) in [5.41, 5.74) is 14.6. The number of amides is 4. The SMILES string of the molecule is CCn1nc(C)cc1C(=O)Nc1nc2cc(C(N)=O)cc(OC)c2n1C(C)n1c(NC(=O)c2cc(C)nn2CC)nc2cc(C(N)=O)cc(OCCCO)c21. The van der Waals surface area contributed by atoms with Gasteiger partial charge >= 0.3 is 0 Å². The van der Waals surface area contributed by atoms with Gasteiger partial charge in [0.1, 0.15) is 40.1 Å². The summed E-state index contributed by atoms with van der Waals surface area (Å²) < 4.78 is 18.3.